The highest BCUT2D eigenvalue weighted by Gasteiger charge is 2.17. The zero-order valence-corrected chi connectivity index (χ0v) is 28.5. The smallest absolute Gasteiger partial charge is 0.157 e. The number of benzene rings is 7. The van der Waals surface area contributed by atoms with Crippen LogP contribution >= 0.6 is 11.3 Å². The van der Waals surface area contributed by atoms with Crippen molar-refractivity contribution in [2.75, 3.05) is 0 Å². The van der Waals surface area contributed by atoms with Gasteiger partial charge in [0, 0.05) is 42.2 Å². The molecule has 0 saturated heterocycles. The van der Waals surface area contributed by atoms with Gasteiger partial charge in [0.25, 0.3) is 0 Å². The van der Waals surface area contributed by atoms with Crippen LogP contribution in [0.15, 0.2) is 180 Å². The lowest BCUT2D eigenvalue weighted by molar-refractivity contribution is 1.06. The van der Waals surface area contributed by atoms with Crippen molar-refractivity contribution < 1.29 is 0 Å². The largest absolute Gasteiger partial charge is 0.383 e. The number of nitrogens with two attached hydrogens (primary N) is 1. The number of nitrogens with zero attached hydrogens (tertiary/aromatic N) is 3. The average molecular weight is 673 g/mol. The number of fused-ring (bicyclic) bond motifs is 6. The third-order valence-corrected chi connectivity index (χ3v) is 10.5. The molecule has 5 heteroatoms. The summed E-state index contributed by atoms with van der Waals surface area (Å²) in [5.74, 6) is 1.05. The maximum absolute atomic E-state index is 6.41. The van der Waals surface area contributed by atoms with Crippen LogP contribution in [0.4, 0.5) is 0 Å². The Labute approximate surface area is 299 Å². The predicted molar refractivity (Wildman–Crippen MR) is 217 cm³/mol. The van der Waals surface area contributed by atoms with Gasteiger partial charge in [0.05, 0.1) is 17.8 Å². The van der Waals surface area contributed by atoms with Gasteiger partial charge in [-0.2, -0.15) is 0 Å². The van der Waals surface area contributed by atoms with Gasteiger partial charge >= 0.3 is 0 Å². The van der Waals surface area contributed by atoms with Gasteiger partial charge in [-0.05, 0) is 51.7 Å². The topological polar surface area (TPSA) is 63.6 Å². The first-order valence-corrected chi connectivity index (χ1v) is 17.8. The first kappa shape index (κ1) is 30.6. The molecule has 2 heterocycles. The summed E-state index contributed by atoms with van der Waals surface area (Å²) in [6, 6.07) is 58.9. The summed E-state index contributed by atoms with van der Waals surface area (Å²) in [5, 5.41) is 6.09. The first-order valence-electron chi connectivity index (χ1n) is 17.0. The zero-order valence-electron chi connectivity index (χ0n) is 27.7. The van der Waals surface area contributed by atoms with E-state index >= 15 is 0 Å². The third-order valence-electron chi connectivity index (χ3n) is 9.34. The summed E-state index contributed by atoms with van der Waals surface area (Å²) in [5.41, 5.74) is 14.7. The molecule has 9 aromatic rings. The van der Waals surface area contributed by atoms with E-state index in [0.29, 0.717) is 18.2 Å². The monoisotopic (exact) mass is 672 g/mol. The first-order chi connectivity index (χ1) is 25.2. The predicted octanol–water partition coefficient (Wildman–Crippen LogP) is 11.4. The molecule has 0 radical (unpaired) electrons. The quantitative estimate of drug-likeness (QED) is 0.109. The molecule has 0 spiro atoms. The van der Waals surface area contributed by atoms with E-state index in [9.17, 15) is 0 Å². The second kappa shape index (κ2) is 13.1. The second-order valence-corrected chi connectivity index (χ2v) is 13.7. The van der Waals surface area contributed by atoms with Crippen LogP contribution in [-0.2, 0) is 6.54 Å². The minimum absolute atomic E-state index is 0.440. The standard InChI is InChI=1S/C46H32N4S/c47-45(32-12-3-1-4-13-32)50-46(33-14-5-2-6-15-33)48-29-30-22-24-31(25-23-30)34-18-11-19-37(26-34)43-42-38-20-9-10-21-41(38)51-44(42)39-27-35-16-7-8-17-36(35)28-40(39)49-43/h1-28H,29H2,(H2,47,48,50). The molecule has 242 valence electrons. The number of aromatic nitrogens is 1. The molecule has 0 aliphatic rings. The highest BCUT2D eigenvalue weighted by Crippen LogP contribution is 2.44. The van der Waals surface area contributed by atoms with Crippen LogP contribution in [0.25, 0.3) is 64.2 Å². The Hall–Kier alpha value is -6.43. The number of rotatable bonds is 6. The van der Waals surface area contributed by atoms with Crippen LogP contribution in [-0.4, -0.2) is 16.7 Å². The fourth-order valence-corrected chi connectivity index (χ4v) is 7.97. The third kappa shape index (κ3) is 5.94. The number of aliphatic imine (C=N–C) groups is 2. The van der Waals surface area contributed by atoms with Crippen molar-refractivity contribution in [3.05, 3.63) is 187 Å². The normalized spacial score (nSPS) is 12.3. The van der Waals surface area contributed by atoms with Gasteiger partial charge in [-0.1, -0.05) is 146 Å². The van der Waals surface area contributed by atoms with Gasteiger partial charge in [0.2, 0.25) is 0 Å². The molecule has 2 aromatic heterocycles. The van der Waals surface area contributed by atoms with Crippen LogP contribution in [0.3, 0.4) is 0 Å². The van der Waals surface area contributed by atoms with Gasteiger partial charge in [-0.15, -0.1) is 11.3 Å². The molecule has 0 saturated carbocycles. The van der Waals surface area contributed by atoms with Crippen LogP contribution in [0.5, 0.6) is 0 Å². The molecule has 0 fully saturated rings. The van der Waals surface area contributed by atoms with Crippen molar-refractivity contribution in [2.45, 2.75) is 6.54 Å². The number of thiophene rings is 1. The van der Waals surface area contributed by atoms with E-state index in [0.717, 1.165) is 44.6 Å². The molecule has 0 unspecified atom stereocenters. The van der Waals surface area contributed by atoms with Crippen LogP contribution in [0.2, 0.25) is 0 Å². The van der Waals surface area contributed by atoms with Gasteiger partial charge in [0.15, 0.2) is 5.84 Å². The zero-order chi connectivity index (χ0) is 34.1. The molecule has 0 aliphatic carbocycles. The van der Waals surface area contributed by atoms with Gasteiger partial charge < -0.3 is 5.73 Å². The van der Waals surface area contributed by atoms with Crippen LogP contribution in [0, 0.1) is 0 Å². The molecule has 0 amide bonds. The summed E-state index contributed by atoms with van der Waals surface area (Å²) in [4.78, 5) is 15.0. The second-order valence-electron chi connectivity index (χ2n) is 12.6. The Balaban J connectivity index is 1.07. The van der Waals surface area contributed by atoms with Crippen molar-refractivity contribution >= 4 is 64.9 Å². The number of hydrogen-bond donors (Lipinski definition) is 1. The number of pyridine rings is 1. The van der Waals surface area contributed by atoms with E-state index in [1.54, 1.807) is 0 Å². The minimum atomic E-state index is 0.440. The van der Waals surface area contributed by atoms with Crippen LogP contribution in [0.1, 0.15) is 16.7 Å². The molecule has 2 N–H and O–H groups in total. The fraction of sp³-hybridized carbons (Fsp3) is 0.0217. The van der Waals surface area contributed by atoms with Gasteiger partial charge in [0.1, 0.15) is 5.84 Å². The van der Waals surface area contributed by atoms with Crippen molar-refractivity contribution in [1.29, 1.82) is 0 Å². The highest BCUT2D eigenvalue weighted by molar-refractivity contribution is 7.26. The van der Waals surface area contributed by atoms with Crippen molar-refractivity contribution in [1.82, 2.24) is 4.98 Å². The van der Waals surface area contributed by atoms with E-state index in [1.807, 2.05) is 72.0 Å². The molecule has 9 rings (SSSR count). The molecular weight excluding hydrogens is 641 g/mol. The lowest BCUT2D eigenvalue weighted by Gasteiger charge is -2.11. The van der Waals surface area contributed by atoms with Crippen LogP contribution < -0.4 is 5.73 Å². The fourth-order valence-electron chi connectivity index (χ4n) is 6.74. The number of amidine groups is 2. The minimum Gasteiger partial charge on any atom is -0.383 e. The Kier molecular flexibility index (Phi) is 7.88. The van der Waals surface area contributed by atoms with E-state index in [4.69, 9.17) is 20.7 Å². The summed E-state index contributed by atoms with van der Waals surface area (Å²) < 4.78 is 2.55. The summed E-state index contributed by atoms with van der Waals surface area (Å²) in [6.07, 6.45) is 0. The number of hydrogen-bond acceptors (Lipinski definition) is 3. The van der Waals surface area contributed by atoms with E-state index in [1.165, 1.54) is 36.3 Å². The average Bonchev–Trinajstić information content (AvgIpc) is 3.59. The molecule has 7 aromatic carbocycles. The maximum Gasteiger partial charge on any atom is 0.157 e. The molecule has 51 heavy (non-hydrogen) atoms. The highest BCUT2D eigenvalue weighted by atomic mass is 32.1. The van der Waals surface area contributed by atoms with Gasteiger partial charge in [-0.25, -0.2) is 9.98 Å². The Morgan fingerprint density at radius 2 is 1.24 bits per heavy atom. The Morgan fingerprint density at radius 3 is 2.02 bits per heavy atom. The Bertz CT molecular complexity index is 2760. The lowest BCUT2D eigenvalue weighted by atomic mass is 9.97. The molecule has 0 aliphatic heterocycles. The van der Waals surface area contributed by atoms with Crippen molar-refractivity contribution in [2.24, 2.45) is 15.7 Å². The molecule has 0 atom stereocenters. The van der Waals surface area contributed by atoms with E-state index < -0.39 is 0 Å². The van der Waals surface area contributed by atoms with Crippen molar-refractivity contribution in [3.63, 3.8) is 0 Å². The Morgan fingerprint density at radius 1 is 0.569 bits per heavy atom. The van der Waals surface area contributed by atoms with E-state index in [2.05, 4.69) is 109 Å². The molecular formula is C46H32N4S. The summed E-state index contributed by atoms with van der Waals surface area (Å²) >= 11 is 1.85. The van der Waals surface area contributed by atoms with Gasteiger partial charge in [-0.3, -0.25) is 4.99 Å². The lowest BCUT2D eigenvalue weighted by Crippen LogP contribution is -2.16. The summed E-state index contributed by atoms with van der Waals surface area (Å²) in [7, 11) is 0. The molecule has 4 nitrogen and oxygen atoms in total. The van der Waals surface area contributed by atoms with Crippen molar-refractivity contribution in [3.8, 4) is 22.4 Å². The van der Waals surface area contributed by atoms with E-state index in [-0.39, 0.29) is 0 Å². The SMILES string of the molecule is NC(=NC(=NCc1ccc(-c2cccc(-c3nc4cc5ccccc5cc4c4sc5ccccc5c34)c2)cc1)c1ccccc1)c1ccccc1. The molecule has 0 bridgehead atoms. The summed E-state index contributed by atoms with van der Waals surface area (Å²) in [6.45, 7) is 0.481. The maximum atomic E-state index is 6.41.